The summed E-state index contributed by atoms with van der Waals surface area (Å²) >= 11 is 0. The minimum atomic E-state index is -3.95. The first-order valence-corrected chi connectivity index (χ1v) is 7.98. The van der Waals surface area contributed by atoms with E-state index < -0.39 is 33.7 Å². The van der Waals surface area contributed by atoms with Crippen LogP contribution in [0.15, 0.2) is 47.4 Å². The molecule has 1 amide bonds. The first-order chi connectivity index (χ1) is 10.8. The molecule has 1 aliphatic rings. The Balaban J connectivity index is 1.84. The molecule has 2 aromatic rings. The van der Waals surface area contributed by atoms with Crippen LogP contribution >= 0.6 is 0 Å². The fraction of sp³-hybridized carbons (Fsp3) is 0.0714. The third-order valence-electron chi connectivity index (χ3n) is 3.18. The normalized spacial score (nSPS) is 18.6. The van der Waals surface area contributed by atoms with Crippen LogP contribution in [0.2, 0.25) is 0 Å². The fourth-order valence-electron chi connectivity index (χ4n) is 2.12. The average molecular weight is 339 g/mol. The van der Waals surface area contributed by atoms with Gasteiger partial charge in [-0.3, -0.25) is 4.79 Å². The van der Waals surface area contributed by atoms with Crippen molar-refractivity contribution in [2.24, 2.45) is 0 Å². The van der Waals surface area contributed by atoms with Crippen LogP contribution in [0.3, 0.4) is 0 Å². The lowest BCUT2D eigenvalue weighted by molar-refractivity contribution is -0.117. The molecule has 1 unspecified atom stereocenters. The minimum Gasteiger partial charge on any atom is -0.360 e. The highest BCUT2D eigenvalue weighted by molar-refractivity contribution is 7.89. The highest BCUT2D eigenvalue weighted by Crippen LogP contribution is 2.26. The average Bonchev–Trinajstić information content (AvgIpc) is 2.48. The summed E-state index contributed by atoms with van der Waals surface area (Å²) in [6.45, 7) is 0. The van der Waals surface area contributed by atoms with E-state index in [4.69, 9.17) is 0 Å². The van der Waals surface area contributed by atoms with Gasteiger partial charge in [-0.25, -0.2) is 17.2 Å². The minimum absolute atomic E-state index is 0.0111. The summed E-state index contributed by atoms with van der Waals surface area (Å²) in [6.07, 6.45) is -1.32. The van der Waals surface area contributed by atoms with E-state index >= 15 is 0 Å². The Morgan fingerprint density at radius 2 is 1.70 bits per heavy atom. The van der Waals surface area contributed by atoms with Gasteiger partial charge in [-0.2, -0.15) is 4.72 Å². The number of rotatable bonds is 2. The first-order valence-electron chi connectivity index (χ1n) is 6.50. The second kappa shape index (κ2) is 5.60. The van der Waals surface area contributed by atoms with Gasteiger partial charge in [0.1, 0.15) is 16.5 Å². The smallest absolute Gasteiger partial charge is 0.262 e. The maximum Gasteiger partial charge on any atom is 0.262 e. The lowest BCUT2D eigenvalue weighted by Gasteiger charge is -2.27. The molecule has 23 heavy (non-hydrogen) atoms. The molecule has 0 bridgehead atoms. The van der Waals surface area contributed by atoms with Gasteiger partial charge >= 0.3 is 0 Å². The zero-order valence-electron chi connectivity index (χ0n) is 11.5. The number of nitrogens with one attached hydrogen (secondary N) is 3. The zero-order valence-corrected chi connectivity index (χ0v) is 12.3. The van der Waals surface area contributed by atoms with Gasteiger partial charge in [-0.15, -0.1) is 0 Å². The van der Waals surface area contributed by atoms with E-state index in [2.05, 4.69) is 15.4 Å². The van der Waals surface area contributed by atoms with E-state index in [1.54, 1.807) is 0 Å². The summed E-state index contributed by atoms with van der Waals surface area (Å²) in [5.74, 6) is -1.81. The van der Waals surface area contributed by atoms with Gasteiger partial charge in [0.2, 0.25) is 10.0 Å². The Morgan fingerprint density at radius 1 is 1.04 bits per heavy atom. The van der Waals surface area contributed by atoms with Crippen LogP contribution < -0.4 is 15.4 Å². The highest BCUT2D eigenvalue weighted by Gasteiger charge is 2.33. The molecular formula is C14H11F2N3O3S. The summed E-state index contributed by atoms with van der Waals surface area (Å²) in [4.78, 5) is 12.0. The van der Waals surface area contributed by atoms with Crippen molar-refractivity contribution in [1.82, 2.24) is 4.72 Å². The number of carbonyl (C=O) groups excluding carboxylic acids is 1. The number of carbonyl (C=O) groups is 1. The monoisotopic (exact) mass is 339 g/mol. The van der Waals surface area contributed by atoms with Crippen molar-refractivity contribution in [2.75, 3.05) is 10.6 Å². The Morgan fingerprint density at radius 3 is 2.39 bits per heavy atom. The molecule has 9 heteroatoms. The van der Waals surface area contributed by atoms with Crippen LogP contribution in [0.1, 0.15) is 0 Å². The number of anilines is 2. The SMILES string of the molecule is O=C(Nc1ccc(F)cc1)C1Nc2cc(F)ccc2S(=O)(=O)N1. The number of sulfonamides is 1. The van der Waals surface area contributed by atoms with Gasteiger partial charge < -0.3 is 10.6 Å². The predicted octanol–water partition coefficient (Wildman–Crippen LogP) is 1.63. The molecule has 3 N–H and O–H groups in total. The number of amides is 1. The number of fused-ring (bicyclic) bond motifs is 1. The first kappa shape index (κ1) is 15.4. The standard InChI is InChI=1S/C14H11F2N3O3S/c15-8-1-4-10(5-2-8)17-14(20)13-18-11-7-9(16)3-6-12(11)23(21,22)19-13/h1-7,13,18-19H,(H,17,20). The second-order valence-corrected chi connectivity index (χ2v) is 6.52. The summed E-state index contributed by atoms with van der Waals surface area (Å²) < 4.78 is 52.4. The third-order valence-corrected chi connectivity index (χ3v) is 4.66. The maximum absolute atomic E-state index is 13.3. The largest absolute Gasteiger partial charge is 0.360 e. The van der Waals surface area contributed by atoms with E-state index in [-0.39, 0.29) is 10.6 Å². The lowest BCUT2D eigenvalue weighted by Crippen LogP contribution is -2.51. The molecule has 0 aliphatic carbocycles. The lowest BCUT2D eigenvalue weighted by atomic mass is 10.2. The number of hydrogen-bond donors (Lipinski definition) is 3. The van der Waals surface area contributed by atoms with Crippen LogP contribution in [0.25, 0.3) is 0 Å². The predicted molar refractivity (Wildman–Crippen MR) is 79.2 cm³/mol. The van der Waals surface area contributed by atoms with Gasteiger partial charge in [0.25, 0.3) is 5.91 Å². The molecule has 1 heterocycles. The van der Waals surface area contributed by atoms with Crippen molar-refractivity contribution in [3.05, 3.63) is 54.1 Å². The van der Waals surface area contributed by atoms with Gasteiger partial charge in [0.15, 0.2) is 6.17 Å². The molecule has 0 aromatic heterocycles. The van der Waals surface area contributed by atoms with E-state index in [1.807, 2.05) is 0 Å². The molecule has 2 aromatic carbocycles. The van der Waals surface area contributed by atoms with Crippen LogP contribution in [0.4, 0.5) is 20.2 Å². The van der Waals surface area contributed by atoms with Gasteiger partial charge in [0, 0.05) is 5.69 Å². The van der Waals surface area contributed by atoms with Gasteiger partial charge in [-0.05, 0) is 42.5 Å². The van der Waals surface area contributed by atoms with E-state index in [0.29, 0.717) is 5.69 Å². The highest BCUT2D eigenvalue weighted by atomic mass is 32.2. The molecule has 0 radical (unpaired) electrons. The van der Waals surface area contributed by atoms with E-state index in [9.17, 15) is 22.0 Å². The zero-order chi connectivity index (χ0) is 16.6. The number of halogens is 2. The molecule has 3 rings (SSSR count). The third kappa shape index (κ3) is 3.15. The molecule has 6 nitrogen and oxygen atoms in total. The van der Waals surface area contributed by atoms with Gasteiger partial charge in [0.05, 0.1) is 5.69 Å². The Labute approximate surface area is 130 Å². The molecule has 1 atom stereocenters. The van der Waals surface area contributed by atoms with Crippen molar-refractivity contribution >= 4 is 27.3 Å². The topological polar surface area (TPSA) is 87.3 Å². The molecule has 0 saturated carbocycles. The van der Waals surface area contributed by atoms with Gasteiger partial charge in [-0.1, -0.05) is 0 Å². The van der Waals surface area contributed by atoms with Crippen molar-refractivity contribution in [2.45, 2.75) is 11.1 Å². The van der Waals surface area contributed by atoms with Crippen LogP contribution in [-0.2, 0) is 14.8 Å². The summed E-state index contributed by atoms with van der Waals surface area (Å²) in [5.41, 5.74) is 0.283. The molecular weight excluding hydrogens is 328 g/mol. The van der Waals surface area contributed by atoms with Crippen molar-refractivity contribution in [1.29, 1.82) is 0 Å². The quantitative estimate of drug-likeness (QED) is 0.776. The van der Waals surface area contributed by atoms with Crippen molar-refractivity contribution < 1.29 is 22.0 Å². The number of benzene rings is 2. The molecule has 0 saturated heterocycles. The Kier molecular flexibility index (Phi) is 3.74. The van der Waals surface area contributed by atoms with Crippen LogP contribution in [0, 0.1) is 11.6 Å². The maximum atomic E-state index is 13.3. The van der Waals surface area contributed by atoms with E-state index in [1.165, 1.54) is 12.1 Å². The summed E-state index contributed by atoms with van der Waals surface area (Å²) in [5, 5.41) is 5.04. The Hall–Kier alpha value is -2.52. The second-order valence-electron chi connectivity index (χ2n) is 4.84. The van der Waals surface area contributed by atoms with Crippen LogP contribution in [-0.4, -0.2) is 20.5 Å². The molecule has 0 spiro atoms. The molecule has 1 aliphatic heterocycles. The van der Waals surface area contributed by atoms with Crippen LogP contribution in [0.5, 0.6) is 0 Å². The van der Waals surface area contributed by atoms with Crippen molar-refractivity contribution in [3.8, 4) is 0 Å². The Bertz CT molecular complexity index is 869. The van der Waals surface area contributed by atoms with E-state index in [0.717, 1.165) is 30.3 Å². The molecule has 120 valence electrons. The molecule has 0 fully saturated rings. The number of hydrogen-bond acceptors (Lipinski definition) is 4. The summed E-state index contributed by atoms with van der Waals surface area (Å²) in [7, 11) is -3.95. The van der Waals surface area contributed by atoms with Crippen molar-refractivity contribution in [3.63, 3.8) is 0 Å². The fourth-order valence-corrected chi connectivity index (χ4v) is 3.38. The summed E-state index contributed by atoms with van der Waals surface area (Å²) in [6, 6.07) is 8.08.